The number of benzene rings is 1. The summed E-state index contributed by atoms with van der Waals surface area (Å²) in [4.78, 5) is 0. The molecule has 0 bridgehead atoms. The maximum absolute atomic E-state index is 6.03. The van der Waals surface area contributed by atoms with Crippen molar-refractivity contribution >= 4 is 28.9 Å². The molecule has 1 heterocycles. The Balaban J connectivity index is 2.60. The second kappa shape index (κ2) is 4.04. The fraction of sp³-hybridized carbons (Fsp3) is 0. The number of rotatable bonds is 1. The van der Waals surface area contributed by atoms with Crippen molar-refractivity contribution in [3.63, 3.8) is 0 Å². The molecule has 0 unspecified atom stereocenters. The molecule has 2 N–H and O–H groups in total. The Morgan fingerprint density at radius 1 is 1.13 bits per heavy atom. The van der Waals surface area contributed by atoms with Gasteiger partial charge in [-0.25, -0.2) is 0 Å². The minimum atomic E-state index is 0.509. The minimum Gasteiger partial charge on any atom is -0.397 e. The van der Waals surface area contributed by atoms with Crippen molar-refractivity contribution in [3.8, 4) is 11.3 Å². The predicted molar refractivity (Wildman–Crippen MR) is 61.9 cm³/mol. The lowest BCUT2D eigenvalue weighted by atomic mass is 10.1. The van der Waals surface area contributed by atoms with E-state index in [9.17, 15) is 0 Å². The van der Waals surface area contributed by atoms with E-state index in [1.807, 2.05) is 0 Å². The number of anilines is 1. The lowest BCUT2D eigenvalue weighted by Gasteiger charge is -2.05. The molecule has 0 aliphatic carbocycles. The molecule has 2 aromatic rings. The Morgan fingerprint density at radius 3 is 2.60 bits per heavy atom. The zero-order valence-corrected chi connectivity index (χ0v) is 9.13. The Labute approximate surface area is 96.8 Å². The number of halogens is 2. The molecule has 1 aromatic heterocycles. The van der Waals surface area contributed by atoms with Crippen molar-refractivity contribution in [3.05, 3.63) is 40.5 Å². The summed E-state index contributed by atoms with van der Waals surface area (Å²) in [5.74, 6) is 0. The van der Waals surface area contributed by atoms with Crippen molar-refractivity contribution in [2.75, 3.05) is 5.73 Å². The van der Waals surface area contributed by atoms with E-state index in [1.165, 1.54) is 6.20 Å². The number of nitrogens with two attached hydrogens (primary N) is 1. The zero-order chi connectivity index (χ0) is 10.8. The molecule has 0 radical (unpaired) electrons. The summed E-state index contributed by atoms with van der Waals surface area (Å²) in [5, 5.41) is 8.78. The van der Waals surface area contributed by atoms with Gasteiger partial charge >= 0.3 is 0 Å². The number of aromatic nitrogens is 2. The van der Waals surface area contributed by atoms with Crippen LogP contribution >= 0.6 is 23.2 Å². The summed E-state index contributed by atoms with van der Waals surface area (Å²) in [6, 6.07) is 6.82. The van der Waals surface area contributed by atoms with E-state index in [4.69, 9.17) is 28.9 Å². The molecule has 3 nitrogen and oxygen atoms in total. The maximum Gasteiger partial charge on any atom is 0.117 e. The SMILES string of the molecule is Nc1ccnnc1-c1ccc(Cl)cc1Cl. The summed E-state index contributed by atoms with van der Waals surface area (Å²) in [5.41, 5.74) is 7.60. The molecule has 1 aromatic carbocycles. The first kappa shape index (κ1) is 10.2. The number of nitrogens with zero attached hydrogens (tertiary/aromatic N) is 2. The first-order valence-electron chi connectivity index (χ1n) is 4.21. The first-order chi connectivity index (χ1) is 7.18. The standard InChI is InChI=1S/C10H7Cl2N3/c11-6-1-2-7(8(12)5-6)10-9(13)3-4-14-15-10/h1-5H,(H2,13,14). The van der Waals surface area contributed by atoms with Crippen molar-refractivity contribution in [1.82, 2.24) is 10.2 Å². The average molecular weight is 240 g/mol. The monoisotopic (exact) mass is 239 g/mol. The van der Waals surface area contributed by atoms with Crippen molar-refractivity contribution < 1.29 is 0 Å². The molecule has 0 spiro atoms. The number of nitrogen functional groups attached to an aromatic ring is 1. The fourth-order valence-corrected chi connectivity index (χ4v) is 1.73. The fourth-order valence-electron chi connectivity index (χ4n) is 1.23. The summed E-state index contributed by atoms with van der Waals surface area (Å²) in [6.45, 7) is 0. The van der Waals surface area contributed by atoms with Gasteiger partial charge in [0.1, 0.15) is 5.69 Å². The van der Waals surface area contributed by atoms with E-state index in [1.54, 1.807) is 24.3 Å². The molecule has 0 aliphatic heterocycles. The smallest absolute Gasteiger partial charge is 0.117 e. The van der Waals surface area contributed by atoms with Crippen LogP contribution < -0.4 is 5.73 Å². The lowest BCUT2D eigenvalue weighted by Crippen LogP contribution is -1.95. The highest BCUT2D eigenvalue weighted by atomic mass is 35.5. The van der Waals surface area contributed by atoms with E-state index in [-0.39, 0.29) is 0 Å². The topological polar surface area (TPSA) is 51.8 Å². The second-order valence-electron chi connectivity index (χ2n) is 2.96. The molecule has 0 saturated heterocycles. The van der Waals surface area contributed by atoms with Gasteiger partial charge in [-0.2, -0.15) is 5.10 Å². The second-order valence-corrected chi connectivity index (χ2v) is 3.80. The molecule has 0 aliphatic rings. The number of hydrogen-bond donors (Lipinski definition) is 1. The predicted octanol–water partition coefficient (Wildman–Crippen LogP) is 3.03. The highest BCUT2D eigenvalue weighted by molar-refractivity contribution is 6.36. The van der Waals surface area contributed by atoms with Gasteiger partial charge in [0.2, 0.25) is 0 Å². The maximum atomic E-state index is 6.03. The van der Waals surface area contributed by atoms with Gasteiger partial charge in [0.25, 0.3) is 0 Å². The van der Waals surface area contributed by atoms with Crippen LogP contribution in [0.3, 0.4) is 0 Å². The van der Waals surface area contributed by atoms with Gasteiger partial charge in [-0.05, 0) is 24.3 Å². The molecule has 76 valence electrons. The quantitative estimate of drug-likeness (QED) is 0.833. The van der Waals surface area contributed by atoms with Crippen LogP contribution in [0.25, 0.3) is 11.3 Å². The van der Waals surface area contributed by atoms with E-state index in [2.05, 4.69) is 10.2 Å². The lowest BCUT2D eigenvalue weighted by molar-refractivity contribution is 1.04. The molecular formula is C10H7Cl2N3. The van der Waals surface area contributed by atoms with Crippen LogP contribution in [0.2, 0.25) is 10.0 Å². The molecule has 0 atom stereocenters. The third-order valence-corrected chi connectivity index (χ3v) is 2.49. The highest BCUT2D eigenvalue weighted by Gasteiger charge is 2.08. The average Bonchev–Trinajstić information content (AvgIpc) is 2.20. The van der Waals surface area contributed by atoms with Crippen molar-refractivity contribution in [2.45, 2.75) is 0 Å². The first-order valence-corrected chi connectivity index (χ1v) is 4.96. The van der Waals surface area contributed by atoms with Gasteiger partial charge in [-0.3, -0.25) is 0 Å². The van der Waals surface area contributed by atoms with Crippen LogP contribution in [0, 0.1) is 0 Å². The van der Waals surface area contributed by atoms with Crippen LogP contribution in [0.5, 0.6) is 0 Å². The third kappa shape index (κ3) is 2.03. The van der Waals surface area contributed by atoms with Gasteiger partial charge in [0.05, 0.1) is 16.9 Å². The summed E-state index contributed by atoms with van der Waals surface area (Å²) < 4.78 is 0. The molecule has 2 rings (SSSR count). The zero-order valence-electron chi connectivity index (χ0n) is 7.61. The van der Waals surface area contributed by atoms with Gasteiger partial charge in [0, 0.05) is 10.6 Å². The summed E-state index contributed by atoms with van der Waals surface area (Å²) in [6.07, 6.45) is 1.53. The van der Waals surface area contributed by atoms with Gasteiger partial charge < -0.3 is 5.73 Å². The molecule has 5 heteroatoms. The van der Waals surface area contributed by atoms with Gasteiger partial charge in [0.15, 0.2) is 0 Å². The molecule has 0 amide bonds. The van der Waals surface area contributed by atoms with E-state index in [0.717, 1.165) is 5.56 Å². The molecule has 15 heavy (non-hydrogen) atoms. The van der Waals surface area contributed by atoms with E-state index >= 15 is 0 Å². The largest absolute Gasteiger partial charge is 0.397 e. The van der Waals surface area contributed by atoms with Crippen LogP contribution in [0.4, 0.5) is 5.69 Å². The molecule has 0 saturated carbocycles. The van der Waals surface area contributed by atoms with Crippen LogP contribution in [0.1, 0.15) is 0 Å². The molecular weight excluding hydrogens is 233 g/mol. The van der Waals surface area contributed by atoms with Crippen molar-refractivity contribution in [2.24, 2.45) is 0 Å². The molecule has 0 fully saturated rings. The van der Waals surface area contributed by atoms with E-state index in [0.29, 0.717) is 21.4 Å². The Kier molecular flexibility index (Phi) is 2.75. The summed E-state index contributed by atoms with van der Waals surface area (Å²) >= 11 is 11.8. The highest BCUT2D eigenvalue weighted by Crippen LogP contribution is 2.31. The third-order valence-electron chi connectivity index (χ3n) is 1.94. The van der Waals surface area contributed by atoms with Crippen LogP contribution in [-0.4, -0.2) is 10.2 Å². The Bertz CT molecular complexity index is 500. The normalized spacial score (nSPS) is 10.3. The Morgan fingerprint density at radius 2 is 1.93 bits per heavy atom. The number of hydrogen-bond acceptors (Lipinski definition) is 3. The Hall–Kier alpha value is -1.32. The summed E-state index contributed by atoms with van der Waals surface area (Å²) in [7, 11) is 0. The van der Waals surface area contributed by atoms with E-state index < -0.39 is 0 Å². The van der Waals surface area contributed by atoms with Gasteiger partial charge in [-0.15, -0.1) is 5.10 Å². The van der Waals surface area contributed by atoms with Crippen molar-refractivity contribution in [1.29, 1.82) is 0 Å². The minimum absolute atomic E-state index is 0.509. The van der Waals surface area contributed by atoms with Crippen LogP contribution in [-0.2, 0) is 0 Å². The van der Waals surface area contributed by atoms with Gasteiger partial charge in [-0.1, -0.05) is 23.2 Å². The van der Waals surface area contributed by atoms with Crippen LogP contribution in [0.15, 0.2) is 30.5 Å².